The van der Waals surface area contributed by atoms with Gasteiger partial charge in [-0.1, -0.05) is 17.7 Å². The predicted octanol–water partition coefficient (Wildman–Crippen LogP) is 2.22. The summed E-state index contributed by atoms with van der Waals surface area (Å²) in [6, 6.07) is 7.86. The summed E-state index contributed by atoms with van der Waals surface area (Å²) < 4.78 is 0. The van der Waals surface area contributed by atoms with Gasteiger partial charge in [0.25, 0.3) is 0 Å². The van der Waals surface area contributed by atoms with E-state index < -0.39 is 0 Å². The lowest BCUT2D eigenvalue weighted by atomic mass is 10.1. The topological polar surface area (TPSA) is 40.6 Å². The molecule has 0 bridgehead atoms. The highest BCUT2D eigenvalue weighted by atomic mass is 16.2. The van der Waals surface area contributed by atoms with Crippen LogP contribution >= 0.6 is 0 Å². The number of carbonyl (C=O) groups excluding carboxylic acids is 2. The fraction of sp³-hybridized carbons (Fsp3) is 0.500. The van der Waals surface area contributed by atoms with Crippen LogP contribution in [0.1, 0.15) is 25.8 Å². The first-order chi connectivity index (χ1) is 9.56. The number of hydrogen-bond donors (Lipinski definition) is 0. The number of anilines is 1. The van der Waals surface area contributed by atoms with E-state index in [-0.39, 0.29) is 17.7 Å². The van der Waals surface area contributed by atoms with Crippen LogP contribution in [0.2, 0.25) is 0 Å². The summed E-state index contributed by atoms with van der Waals surface area (Å²) in [4.78, 5) is 28.0. The Morgan fingerprint density at radius 3 is 2.40 bits per heavy atom. The highest BCUT2D eigenvalue weighted by molar-refractivity contribution is 6.00. The Morgan fingerprint density at radius 1 is 1.25 bits per heavy atom. The molecule has 108 valence electrons. The van der Waals surface area contributed by atoms with Gasteiger partial charge in [-0.15, -0.1) is 0 Å². The molecule has 20 heavy (non-hydrogen) atoms. The average Bonchev–Trinajstić information content (AvgIpc) is 2.83. The highest BCUT2D eigenvalue weighted by Crippen LogP contribution is 2.26. The molecule has 1 unspecified atom stereocenters. The third kappa shape index (κ3) is 2.84. The van der Waals surface area contributed by atoms with Gasteiger partial charge >= 0.3 is 0 Å². The monoisotopic (exact) mass is 274 g/mol. The Hall–Kier alpha value is -1.84. The molecule has 0 radical (unpaired) electrons. The van der Waals surface area contributed by atoms with E-state index >= 15 is 0 Å². The first-order valence-electron chi connectivity index (χ1n) is 7.22. The van der Waals surface area contributed by atoms with Crippen molar-refractivity contribution in [3.8, 4) is 0 Å². The molecule has 1 aromatic rings. The van der Waals surface area contributed by atoms with Crippen LogP contribution in [0, 0.1) is 12.8 Å². The van der Waals surface area contributed by atoms with Gasteiger partial charge in [-0.25, -0.2) is 0 Å². The van der Waals surface area contributed by atoms with E-state index in [0.29, 0.717) is 26.1 Å². The van der Waals surface area contributed by atoms with Crippen molar-refractivity contribution < 1.29 is 9.59 Å². The first kappa shape index (κ1) is 14.6. The number of amides is 2. The molecular formula is C16H22N2O2. The molecule has 0 N–H and O–H groups in total. The molecule has 1 heterocycles. The third-order valence-corrected chi connectivity index (χ3v) is 3.90. The van der Waals surface area contributed by atoms with Gasteiger partial charge in [-0.05, 0) is 32.9 Å². The normalized spacial score (nSPS) is 18.4. The molecule has 1 aliphatic rings. The second-order valence-corrected chi connectivity index (χ2v) is 5.25. The minimum absolute atomic E-state index is 0.0411. The quantitative estimate of drug-likeness (QED) is 0.844. The fourth-order valence-electron chi connectivity index (χ4n) is 2.64. The number of benzene rings is 1. The molecule has 0 aromatic heterocycles. The Labute approximate surface area is 120 Å². The Morgan fingerprint density at radius 2 is 1.85 bits per heavy atom. The summed E-state index contributed by atoms with van der Waals surface area (Å²) in [6.07, 6.45) is 0.323. The SMILES string of the molecule is CCN(CC)C(=O)C1CC(=O)N(c2ccc(C)cc2)C1. The number of carbonyl (C=O) groups is 2. The third-order valence-electron chi connectivity index (χ3n) is 3.90. The van der Waals surface area contributed by atoms with Gasteiger partial charge in [0.1, 0.15) is 0 Å². The Balaban J connectivity index is 2.11. The van der Waals surface area contributed by atoms with Crippen molar-refractivity contribution in [1.29, 1.82) is 0 Å². The molecule has 2 amide bonds. The van der Waals surface area contributed by atoms with Crippen LogP contribution in [0.5, 0.6) is 0 Å². The zero-order chi connectivity index (χ0) is 14.7. The van der Waals surface area contributed by atoms with Crippen molar-refractivity contribution in [1.82, 2.24) is 4.90 Å². The highest BCUT2D eigenvalue weighted by Gasteiger charge is 2.36. The van der Waals surface area contributed by atoms with Gasteiger partial charge < -0.3 is 9.80 Å². The first-order valence-corrected chi connectivity index (χ1v) is 7.22. The minimum atomic E-state index is -0.205. The van der Waals surface area contributed by atoms with Gasteiger partial charge in [0.15, 0.2) is 0 Å². The van der Waals surface area contributed by atoms with E-state index in [1.807, 2.05) is 45.0 Å². The molecule has 4 nitrogen and oxygen atoms in total. The summed E-state index contributed by atoms with van der Waals surface area (Å²) in [7, 11) is 0. The van der Waals surface area contributed by atoms with Gasteiger partial charge in [-0.3, -0.25) is 9.59 Å². The predicted molar refractivity (Wildman–Crippen MR) is 79.6 cm³/mol. The van der Waals surface area contributed by atoms with Crippen molar-refractivity contribution >= 4 is 17.5 Å². The van der Waals surface area contributed by atoms with Crippen molar-refractivity contribution in [2.45, 2.75) is 27.2 Å². The fourth-order valence-corrected chi connectivity index (χ4v) is 2.64. The molecule has 4 heteroatoms. The van der Waals surface area contributed by atoms with Gasteiger partial charge in [0.2, 0.25) is 11.8 Å². The number of rotatable bonds is 4. The van der Waals surface area contributed by atoms with E-state index in [2.05, 4.69) is 0 Å². The summed E-state index contributed by atoms with van der Waals surface area (Å²) in [5.74, 6) is -0.0685. The maximum absolute atomic E-state index is 12.3. The van der Waals surface area contributed by atoms with Crippen LogP contribution in [0.25, 0.3) is 0 Å². The van der Waals surface area contributed by atoms with E-state index in [1.54, 1.807) is 9.80 Å². The minimum Gasteiger partial charge on any atom is -0.343 e. The number of hydrogen-bond acceptors (Lipinski definition) is 2. The zero-order valence-electron chi connectivity index (χ0n) is 12.4. The molecule has 2 rings (SSSR count). The zero-order valence-corrected chi connectivity index (χ0v) is 12.4. The van der Waals surface area contributed by atoms with Gasteiger partial charge in [0, 0.05) is 31.7 Å². The second-order valence-electron chi connectivity index (χ2n) is 5.25. The molecule has 0 saturated carbocycles. The van der Waals surface area contributed by atoms with E-state index in [1.165, 1.54) is 0 Å². The maximum Gasteiger partial charge on any atom is 0.227 e. The Bertz CT molecular complexity index is 492. The second kappa shape index (κ2) is 6.07. The average molecular weight is 274 g/mol. The molecule has 1 aromatic carbocycles. The maximum atomic E-state index is 12.3. The lowest BCUT2D eigenvalue weighted by Gasteiger charge is -2.22. The molecular weight excluding hydrogens is 252 g/mol. The van der Waals surface area contributed by atoms with Crippen LogP contribution < -0.4 is 4.90 Å². The molecule has 1 fully saturated rings. The van der Waals surface area contributed by atoms with Crippen LogP contribution in [-0.4, -0.2) is 36.3 Å². The van der Waals surface area contributed by atoms with Crippen LogP contribution in [0.4, 0.5) is 5.69 Å². The van der Waals surface area contributed by atoms with E-state index in [0.717, 1.165) is 11.3 Å². The standard InChI is InChI=1S/C16H22N2O2/c1-4-17(5-2)16(20)13-10-15(19)18(11-13)14-8-6-12(3)7-9-14/h6-9,13H,4-5,10-11H2,1-3H3. The molecule has 1 atom stereocenters. The summed E-state index contributed by atoms with van der Waals surface area (Å²) in [5, 5.41) is 0. The molecule has 1 aliphatic heterocycles. The summed E-state index contributed by atoms with van der Waals surface area (Å²) in [5.41, 5.74) is 2.05. The van der Waals surface area contributed by atoms with Crippen molar-refractivity contribution in [3.05, 3.63) is 29.8 Å². The molecule has 0 spiro atoms. The number of aryl methyl sites for hydroxylation is 1. The van der Waals surface area contributed by atoms with Crippen LogP contribution in [-0.2, 0) is 9.59 Å². The van der Waals surface area contributed by atoms with Crippen LogP contribution in [0.15, 0.2) is 24.3 Å². The molecule has 1 saturated heterocycles. The lowest BCUT2D eigenvalue weighted by Crippen LogP contribution is -2.37. The van der Waals surface area contributed by atoms with E-state index in [4.69, 9.17) is 0 Å². The smallest absolute Gasteiger partial charge is 0.227 e. The summed E-state index contributed by atoms with van der Waals surface area (Å²) >= 11 is 0. The number of nitrogens with zero attached hydrogens (tertiary/aromatic N) is 2. The van der Waals surface area contributed by atoms with Gasteiger partial charge in [0.05, 0.1) is 5.92 Å². The van der Waals surface area contributed by atoms with Crippen LogP contribution in [0.3, 0.4) is 0 Å². The lowest BCUT2D eigenvalue weighted by molar-refractivity contribution is -0.135. The molecule has 0 aliphatic carbocycles. The van der Waals surface area contributed by atoms with Crippen molar-refractivity contribution in [3.63, 3.8) is 0 Å². The van der Waals surface area contributed by atoms with Gasteiger partial charge in [-0.2, -0.15) is 0 Å². The Kier molecular flexibility index (Phi) is 4.42. The largest absolute Gasteiger partial charge is 0.343 e. The van der Waals surface area contributed by atoms with Crippen molar-refractivity contribution in [2.75, 3.05) is 24.5 Å². The summed E-state index contributed by atoms with van der Waals surface area (Å²) in [6.45, 7) is 7.85. The van der Waals surface area contributed by atoms with E-state index in [9.17, 15) is 9.59 Å². The van der Waals surface area contributed by atoms with Crippen molar-refractivity contribution in [2.24, 2.45) is 5.92 Å².